The number of hydrogen-bond acceptors (Lipinski definition) is 4. The van der Waals surface area contributed by atoms with Gasteiger partial charge in [-0.15, -0.1) is 0 Å². The molecule has 0 N–H and O–H groups in total. The summed E-state index contributed by atoms with van der Waals surface area (Å²) in [4.78, 5) is 20.6. The second-order valence-corrected chi connectivity index (χ2v) is 4.96. The molecular formula is C13H9BrN4O. The van der Waals surface area contributed by atoms with Crippen molar-refractivity contribution in [1.82, 2.24) is 19.7 Å². The van der Waals surface area contributed by atoms with Crippen molar-refractivity contribution in [3.05, 3.63) is 57.2 Å². The van der Waals surface area contributed by atoms with Crippen LogP contribution in [-0.4, -0.2) is 19.7 Å². The van der Waals surface area contributed by atoms with Crippen LogP contribution in [-0.2, 0) is 0 Å². The maximum atomic E-state index is 12.4. The Morgan fingerprint density at radius 3 is 2.42 bits per heavy atom. The summed E-state index contributed by atoms with van der Waals surface area (Å²) in [5, 5.41) is 5.73. The number of hydrogen-bond donors (Lipinski definition) is 0. The Kier molecular flexibility index (Phi) is 2.87. The molecule has 0 amide bonds. The highest BCUT2D eigenvalue weighted by molar-refractivity contribution is 9.10. The predicted molar refractivity (Wildman–Crippen MR) is 75.4 cm³/mol. The van der Waals surface area contributed by atoms with Crippen LogP contribution >= 0.6 is 15.9 Å². The monoisotopic (exact) mass is 316 g/mol. The van der Waals surface area contributed by atoms with Crippen molar-refractivity contribution < 1.29 is 0 Å². The molecule has 0 saturated heterocycles. The summed E-state index contributed by atoms with van der Waals surface area (Å²) in [5.74, 6) is 0.266. The summed E-state index contributed by atoms with van der Waals surface area (Å²) in [5.41, 5.74) is 0.547. The fourth-order valence-electron chi connectivity index (χ4n) is 1.90. The second kappa shape index (κ2) is 4.55. The maximum absolute atomic E-state index is 12.4. The van der Waals surface area contributed by atoms with Gasteiger partial charge in [0.15, 0.2) is 0 Å². The minimum Gasteiger partial charge on any atom is -0.267 e. The Morgan fingerprint density at radius 1 is 1.11 bits per heavy atom. The van der Waals surface area contributed by atoms with Crippen LogP contribution in [0.15, 0.2) is 45.9 Å². The lowest BCUT2D eigenvalue weighted by atomic mass is 10.1. The minimum atomic E-state index is -0.219. The molecule has 0 atom stereocenters. The Morgan fingerprint density at radius 2 is 1.74 bits per heavy atom. The third kappa shape index (κ3) is 2.04. The van der Waals surface area contributed by atoms with Gasteiger partial charge in [-0.25, -0.2) is 9.97 Å². The van der Waals surface area contributed by atoms with Crippen LogP contribution in [0, 0.1) is 6.92 Å². The van der Waals surface area contributed by atoms with E-state index in [0.29, 0.717) is 5.39 Å². The quantitative estimate of drug-likeness (QED) is 0.691. The third-order valence-electron chi connectivity index (χ3n) is 2.79. The highest BCUT2D eigenvalue weighted by Gasteiger charge is 2.10. The molecule has 6 heteroatoms. The van der Waals surface area contributed by atoms with Gasteiger partial charge >= 0.3 is 0 Å². The van der Waals surface area contributed by atoms with Crippen molar-refractivity contribution in [3.8, 4) is 5.95 Å². The molecule has 3 aromatic rings. The first-order chi connectivity index (χ1) is 9.16. The molecule has 2 heterocycles. The molecule has 1 aromatic carbocycles. The van der Waals surface area contributed by atoms with E-state index in [1.807, 2.05) is 25.1 Å². The predicted octanol–water partition coefficient (Wildman–Crippen LogP) is 2.25. The summed E-state index contributed by atoms with van der Waals surface area (Å²) >= 11 is 3.26. The molecule has 5 nitrogen and oxygen atoms in total. The van der Waals surface area contributed by atoms with E-state index < -0.39 is 0 Å². The molecule has 0 saturated carbocycles. The van der Waals surface area contributed by atoms with Crippen LogP contribution in [0.25, 0.3) is 16.7 Å². The Bertz CT molecular complexity index is 811. The van der Waals surface area contributed by atoms with Gasteiger partial charge in [0, 0.05) is 17.8 Å². The lowest BCUT2D eigenvalue weighted by Gasteiger charge is -2.06. The van der Waals surface area contributed by atoms with Crippen molar-refractivity contribution in [3.63, 3.8) is 0 Å². The fourth-order valence-corrected chi connectivity index (χ4v) is 2.10. The van der Waals surface area contributed by atoms with Crippen LogP contribution in [0.2, 0.25) is 0 Å². The van der Waals surface area contributed by atoms with E-state index in [1.165, 1.54) is 4.68 Å². The largest absolute Gasteiger partial charge is 0.282 e. The molecule has 0 spiro atoms. The SMILES string of the molecule is Cc1nn(-c2ncc(Br)cn2)c(=O)c2ccccc12. The molecule has 0 aliphatic heterocycles. The van der Waals surface area contributed by atoms with E-state index in [2.05, 4.69) is 31.0 Å². The molecule has 0 unspecified atom stereocenters. The number of fused-ring (bicyclic) bond motifs is 1. The molecular weight excluding hydrogens is 308 g/mol. The van der Waals surface area contributed by atoms with Crippen LogP contribution in [0.4, 0.5) is 0 Å². The van der Waals surface area contributed by atoms with E-state index >= 15 is 0 Å². The molecule has 94 valence electrons. The smallest absolute Gasteiger partial charge is 0.267 e. The topological polar surface area (TPSA) is 60.7 Å². The van der Waals surface area contributed by atoms with Gasteiger partial charge in [0.05, 0.1) is 15.6 Å². The summed E-state index contributed by atoms with van der Waals surface area (Å²) in [6.07, 6.45) is 3.17. The molecule has 0 aliphatic carbocycles. The van der Waals surface area contributed by atoms with Crippen molar-refractivity contribution in [2.24, 2.45) is 0 Å². The summed E-state index contributed by atoms with van der Waals surface area (Å²) < 4.78 is 1.98. The van der Waals surface area contributed by atoms with Crippen molar-refractivity contribution in [2.75, 3.05) is 0 Å². The minimum absolute atomic E-state index is 0.219. The van der Waals surface area contributed by atoms with Crippen LogP contribution < -0.4 is 5.56 Å². The van der Waals surface area contributed by atoms with Gasteiger partial charge in [0.2, 0.25) is 0 Å². The lowest BCUT2D eigenvalue weighted by Crippen LogP contribution is -2.24. The zero-order chi connectivity index (χ0) is 13.4. The molecule has 0 radical (unpaired) electrons. The van der Waals surface area contributed by atoms with Gasteiger partial charge in [0.25, 0.3) is 11.5 Å². The van der Waals surface area contributed by atoms with E-state index in [9.17, 15) is 4.79 Å². The molecule has 19 heavy (non-hydrogen) atoms. The van der Waals surface area contributed by atoms with E-state index in [-0.39, 0.29) is 11.5 Å². The number of benzene rings is 1. The van der Waals surface area contributed by atoms with Gasteiger partial charge in [-0.1, -0.05) is 18.2 Å². The van der Waals surface area contributed by atoms with Crippen LogP contribution in [0.5, 0.6) is 0 Å². The highest BCUT2D eigenvalue weighted by atomic mass is 79.9. The zero-order valence-electron chi connectivity index (χ0n) is 10.0. The van der Waals surface area contributed by atoms with Gasteiger partial charge in [0.1, 0.15) is 0 Å². The van der Waals surface area contributed by atoms with E-state index in [1.54, 1.807) is 18.5 Å². The fraction of sp³-hybridized carbons (Fsp3) is 0.0769. The number of nitrogens with zero attached hydrogens (tertiary/aromatic N) is 4. The number of aromatic nitrogens is 4. The van der Waals surface area contributed by atoms with Crippen molar-refractivity contribution in [2.45, 2.75) is 6.92 Å². The first-order valence-corrected chi connectivity index (χ1v) is 6.43. The Hall–Kier alpha value is -2.08. The standard InChI is InChI=1S/C13H9BrN4O/c1-8-10-4-2-3-5-11(10)12(19)18(17-8)13-15-6-9(14)7-16-13/h2-7H,1H3. The molecule has 0 bridgehead atoms. The van der Waals surface area contributed by atoms with Gasteiger partial charge in [-0.3, -0.25) is 4.79 Å². The van der Waals surface area contributed by atoms with Crippen molar-refractivity contribution >= 4 is 26.7 Å². The number of aryl methyl sites for hydroxylation is 1. The second-order valence-electron chi connectivity index (χ2n) is 4.05. The summed E-state index contributed by atoms with van der Waals surface area (Å²) in [6, 6.07) is 7.38. The third-order valence-corrected chi connectivity index (χ3v) is 3.20. The summed E-state index contributed by atoms with van der Waals surface area (Å²) in [7, 11) is 0. The average molecular weight is 317 g/mol. The van der Waals surface area contributed by atoms with Gasteiger partial charge < -0.3 is 0 Å². The van der Waals surface area contributed by atoms with Crippen LogP contribution in [0.1, 0.15) is 5.69 Å². The molecule has 2 aromatic heterocycles. The Balaban J connectivity index is 2.34. The highest BCUT2D eigenvalue weighted by Crippen LogP contribution is 2.13. The van der Waals surface area contributed by atoms with E-state index in [0.717, 1.165) is 15.6 Å². The number of rotatable bonds is 1. The normalized spacial score (nSPS) is 10.8. The Labute approximate surface area is 117 Å². The van der Waals surface area contributed by atoms with Crippen LogP contribution in [0.3, 0.4) is 0 Å². The maximum Gasteiger partial charge on any atom is 0.282 e. The van der Waals surface area contributed by atoms with Crippen molar-refractivity contribution in [1.29, 1.82) is 0 Å². The molecule has 0 aliphatic rings. The van der Waals surface area contributed by atoms with Gasteiger partial charge in [-0.2, -0.15) is 9.78 Å². The average Bonchev–Trinajstić information content (AvgIpc) is 2.44. The summed E-state index contributed by atoms with van der Waals surface area (Å²) in [6.45, 7) is 1.86. The lowest BCUT2D eigenvalue weighted by molar-refractivity contribution is 0.747. The van der Waals surface area contributed by atoms with E-state index in [4.69, 9.17) is 0 Å². The van der Waals surface area contributed by atoms with Gasteiger partial charge in [-0.05, 0) is 28.9 Å². The zero-order valence-corrected chi connectivity index (χ0v) is 11.6. The number of halogens is 1. The first kappa shape index (κ1) is 12.0. The first-order valence-electron chi connectivity index (χ1n) is 5.63. The molecule has 0 fully saturated rings. The molecule has 3 rings (SSSR count).